The van der Waals surface area contributed by atoms with Gasteiger partial charge in [0.25, 0.3) is 0 Å². The molecule has 4 aliphatic carbocycles. The maximum Gasteiger partial charge on any atom is 0.0811 e. The number of ether oxygens (including phenoxy) is 1. The van der Waals surface area contributed by atoms with Crippen LogP contribution in [0.15, 0.2) is 47.6 Å². The summed E-state index contributed by atoms with van der Waals surface area (Å²) in [5.41, 5.74) is 3.72. The lowest BCUT2D eigenvalue weighted by Crippen LogP contribution is -2.35. The second kappa shape index (κ2) is 10.2. The van der Waals surface area contributed by atoms with Crippen LogP contribution in [0, 0.1) is 29.1 Å². The molecule has 0 spiro atoms. The zero-order valence-electron chi connectivity index (χ0n) is 21.3. The van der Waals surface area contributed by atoms with Crippen LogP contribution in [0.3, 0.4) is 0 Å². The van der Waals surface area contributed by atoms with E-state index in [1.54, 1.807) is 5.57 Å². The Kier molecular flexibility index (Phi) is 7.73. The molecule has 0 aromatic rings. The minimum atomic E-state index is -0.613. The smallest absolute Gasteiger partial charge is 0.0811 e. The molecule has 0 heterocycles. The van der Waals surface area contributed by atoms with E-state index >= 15 is 0 Å². The first kappa shape index (κ1) is 24.9. The van der Waals surface area contributed by atoms with Crippen LogP contribution in [0.1, 0.15) is 85.5 Å². The Labute approximate surface area is 201 Å². The highest BCUT2D eigenvalue weighted by molar-refractivity contribution is 5.38. The number of allylic oxidation sites excluding steroid dienone is 4. The van der Waals surface area contributed by atoms with E-state index in [-0.39, 0.29) is 6.10 Å². The fourth-order valence-electron chi connectivity index (χ4n) is 7.08. The molecule has 33 heavy (non-hydrogen) atoms. The van der Waals surface area contributed by atoms with E-state index in [4.69, 9.17) is 4.74 Å². The number of aliphatic hydroxyl groups excluding tert-OH is 2. The van der Waals surface area contributed by atoms with Gasteiger partial charge in [0.05, 0.1) is 24.4 Å². The summed E-state index contributed by atoms with van der Waals surface area (Å²) in [7, 11) is 0. The number of aliphatic hydroxyl groups is 2. The maximum atomic E-state index is 10.2. The molecular formula is C30H46O3. The number of hydrogen-bond donors (Lipinski definition) is 2. The molecule has 4 fully saturated rings. The SMILES string of the molecule is C=C1/C(=C\C=C2CCC[C@]3(C)[C@@H]([C@H](C)/C=C/C(OC(C)C)C4CC4)CC[C@@H]23)C[C@@H](O)C[C@@H]1O. The second-order valence-corrected chi connectivity index (χ2v) is 11.9. The van der Waals surface area contributed by atoms with Crippen molar-refractivity contribution >= 4 is 0 Å². The van der Waals surface area contributed by atoms with Crippen LogP contribution in [-0.2, 0) is 4.74 Å². The predicted octanol–water partition coefficient (Wildman–Crippen LogP) is 6.52. The third-order valence-electron chi connectivity index (χ3n) is 9.06. The topological polar surface area (TPSA) is 49.7 Å². The fraction of sp³-hybridized carbons (Fsp3) is 0.733. The van der Waals surface area contributed by atoms with Crippen LogP contribution in [-0.4, -0.2) is 34.6 Å². The minimum absolute atomic E-state index is 0.284. The zero-order valence-corrected chi connectivity index (χ0v) is 21.3. The summed E-state index contributed by atoms with van der Waals surface area (Å²) >= 11 is 0. The van der Waals surface area contributed by atoms with Crippen molar-refractivity contribution in [1.29, 1.82) is 0 Å². The van der Waals surface area contributed by atoms with Gasteiger partial charge in [-0.1, -0.05) is 50.3 Å². The summed E-state index contributed by atoms with van der Waals surface area (Å²) in [6, 6.07) is 0. The lowest BCUT2D eigenvalue weighted by molar-refractivity contribution is 0.0230. The molecule has 0 bridgehead atoms. The van der Waals surface area contributed by atoms with Gasteiger partial charge in [-0.3, -0.25) is 0 Å². The third kappa shape index (κ3) is 5.57. The Hall–Kier alpha value is -1.16. The summed E-state index contributed by atoms with van der Waals surface area (Å²) in [4.78, 5) is 0. The molecule has 4 saturated carbocycles. The average molecular weight is 455 g/mol. The molecule has 0 amide bonds. The van der Waals surface area contributed by atoms with E-state index < -0.39 is 12.2 Å². The second-order valence-electron chi connectivity index (χ2n) is 11.9. The molecule has 4 aliphatic rings. The van der Waals surface area contributed by atoms with Gasteiger partial charge in [-0.05, 0) is 105 Å². The Morgan fingerprint density at radius 1 is 1.06 bits per heavy atom. The first-order valence-corrected chi connectivity index (χ1v) is 13.5. The van der Waals surface area contributed by atoms with Crippen LogP contribution in [0.2, 0.25) is 0 Å². The Bertz CT molecular complexity index is 801. The van der Waals surface area contributed by atoms with Gasteiger partial charge < -0.3 is 14.9 Å². The van der Waals surface area contributed by atoms with Crippen LogP contribution in [0.25, 0.3) is 0 Å². The molecule has 0 radical (unpaired) electrons. The summed E-state index contributed by atoms with van der Waals surface area (Å²) in [6.07, 6.45) is 18.7. The van der Waals surface area contributed by atoms with Gasteiger partial charge >= 0.3 is 0 Å². The molecule has 0 saturated heterocycles. The predicted molar refractivity (Wildman–Crippen MR) is 136 cm³/mol. The van der Waals surface area contributed by atoms with Crippen LogP contribution >= 0.6 is 0 Å². The molecule has 7 atom stereocenters. The lowest BCUT2D eigenvalue weighted by Gasteiger charge is -2.44. The number of fused-ring (bicyclic) bond motifs is 1. The van der Waals surface area contributed by atoms with Crippen molar-refractivity contribution in [2.45, 2.75) is 110 Å². The van der Waals surface area contributed by atoms with Gasteiger partial charge in [0.15, 0.2) is 0 Å². The molecule has 2 N–H and O–H groups in total. The summed E-state index contributed by atoms with van der Waals surface area (Å²) in [5.74, 6) is 2.65. The monoisotopic (exact) mass is 454 g/mol. The van der Waals surface area contributed by atoms with Crippen molar-refractivity contribution in [3.05, 3.63) is 47.6 Å². The normalized spacial score (nSPS) is 39.5. The molecule has 184 valence electrons. The van der Waals surface area contributed by atoms with E-state index in [1.807, 2.05) is 0 Å². The Morgan fingerprint density at radius 2 is 1.82 bits per heavy atom. The van der Waals surface area contributed by atoms with E-state index in [0.717, 1.165) is 17.1 Å². The summed E-state index contributed by atoms with van der Waals surface area (Å²) in [5, 5.41) is 20.3. The highest BCUT2D eigenvalue weighted by Crippen LogP contribution is 2.59. The molecule has 0 aromatic heterocycles. The third-order valence-corrected chi connectivity index (χ3v) is 9.06. The lowest BCUT2D eigenvalue weighted by atomic mass is 9.61. The van der Waals surface area contributed by atoms with Gasteiger partial charge in [0.2, 0.25) is 0 Å². The van der Waals surface area contributed by atoms with Crippen LogP contribution in [0.5, 0.6) is 0 Å². The molecule has 1 unspecified atom stereocenters. The minimum Gasteiger partial charge on any atom is -0.393 e. The highest BCUT2D eigenvalue weighted by Gasteiger charge is 2.50. The van der Waals surface area contributed by atoms with Crippen LogP contribution < -0.4 is 0 Å². The Morgan fingerprint density at radius 3 is 2.52 bits per heavy atom. The van der Waals surface area contributed by atoms with Crippen molar-refractivity contribution in [2.75, 3.05) is 0 Å². The molecule has 3 nitrogen and oxygen atoms in total. The standard InChI is InChI=1S/C30H46O3/c1-19(2)33-29(23-10-11-23)15-8-20(3)26-13-14-27-22(7-6-16-30(26,27)5)9-12-24-17-25(31)18-28(32)21(24)4/h8-9,12,15,19-20,23,25-29,31-32H,4,6-7,10-11,13-14,16-18H2,1-3,5H3/b15-8+,22-9?,24-12-/t20-,25-,26-,27+,28+,29?,30-/m1/s1. The van der Waals surface area contributed by atoms with Crippen molar-refractivity contribution in [3.8, 4) is 0 Å². The van der Waals surface area contributed by atoms with Gasteiger partial charge in [-0.25, -0.2) is 0 Å². The number of rotatable bonds is 7. The molecule has 3 heteroatoms. The summed E-state index contributed by atoms with van der Waals surface area (Å²) in [6.45, 7) is 13.3. The van der Waals surface area contributed by atoms with Gasteiger partial charge in [-0.15, -0.1) is 0 Å². The quantitative estimate of drug-likeness (QED) is 0.430. The molecule has 0 aromatic carbocycles. The fourth-order valence-corrected chi connectivity index (χ4v) is 7.08. The van der Waals surface area contributed by atoms with Crippen molar-refractivity contribution < 1.29 is 14.9 Å². The van der Waals surface area contributed by atoms with E-state index in [9.17, 15) is 10.2 Å². The van der Waals surface area contributed by atoms with E-state index in [0.29, 0.717) is 42.1 Å². The van der Waals surface area contributed by atoms with Crippen molar-refractivity contribution in [2.24, 2.45) is 29.1 Å². The van der Waals surface area contributed by atoms with Crippen molar-refractivity contribution in [3.63, 3.8) is 0 Å². The molecule has 0 aliphatic heterocycles. The molecular weight excluding hydrogens is 408 g/mol. The highest BCUT2D eigenvalue weighted by atomic mass is 16.5. The Balaban J connectivity index is 1.47. The molecule has 4 rings (SSSR count). The summed E-state index contributed by atoms with van der Waals surface area (Å²) < 4.78 is 6.20. The average Bonchev–Trinajstić information content (AvgIpc) is 3.53. The zero-order chi connectivity index (χ0) is 23.8. The van der Waals surface area contributed by atoms with Crippen LogP contribution in [0.4, 0.5) is 0 Å². The van der Waals surface area contributed by atoms with E-state index in [1.165, 1.54) is 44.9 Å². The van der Waals surface area contributed by atoms with Gasteiger partial charge in [0.1, 0.15) is 0 Å². The van der Waals surface area contributed by atoms with Crippen molar-refractivity contribution in [1.82, 2.24) is 0 Å². The maximum absolute atomic E-state index is 10.2. The van der Waals surface area contributed by atoms with E-state index in [2.05, 4.69) is 58.6 Å². The van der Waals surface area contributed by atoms with Gasteiger partial charge in [0, 0.05) is 6.42 Å². The first-order chi connectivity index (χ1) is 15.7. The number of hydrogen-bond acceptors (Lipinski definition) is 3. The largest absolute Gasteiger partial charge is 0.393 e. The first-order valence-electron chi connectivity index (χ1n) is 13.5. The van der Waals surface area contributed by atoms with Gasteiger partial charge in [-0.2, -0.15) is 0 Å².